The Bertz CT molecular complexity index is 828. The number of benzene rings is 2. The lowest BCUT2D eigenvalue weighted by molar-refractivity contribution is -0.123. The number of hydrogen-bond acceptors (Lipinski definition) is 3. The van der Waals surface area contributed by atoms with E-state index < -0.39 is 6.04 Å². The van der Waals surface area contributed by atoms with Gasteiger partial charge >= 0.3 is 0 Å². The summed E-state index contributed by atoms with van der Waals surface area (Å²) in [4.78, 5) is 24.7. The monoisotopic (exact) mass is 353 g/mol. The molecule has 0 aliphatic heterocycles. The highest BCUT2D eigenvalue weighted by Gasteiger charge is 2.26. The molecule has 0 bridgehead atoms. The smallest absolute Gasteiger partial charge is 0.225 e. The first-order valence-corrected chi connectivity index (χ1v) is 8.55. The van der Waals surface area contributed by atoms with Crippen molar-refractivity contribution in [2.45, 2.75) is 25.3 Å². The Hall–Kier alpha value is -2.79. The third-order valence-corrected chi connectivity index (χ3v) is 4.55. The molecule has 3 rings (SSSR count). The van der Waals surface area contributed by atoms with Crippen molar-refractivity contribution >= 4 is 17.3 Å². The number of halogens is 1. The minimum Gasteiger partial charge on any atom is -0.394 e. The Morgan fingerprint density at radius 3 is 2.42 bits per heavy atom. The number of Topliss-reactive ketones (excluding diaryl/α,β-unsaturated/α-hetero) is 1. The molecule has 1 aliphatic rings. The van der Waals surface area contributed by atoms with E-state index in [-0.39, 0.29) is 30.5 Å². The highest BCUT2D eigenvalue weighted by molar-refractivity contribution is 6.10. The van der Waals surface area contributed by atoms with Gasteiger partial charge in [0.1, 0.15) is 5.82 Å². The molecule has 2 aromatic rings. The quantitative estimate of drug-likeness (QED) is 0.838. The Morgan fingerprint density at radius 2 is 1.77 bits per heavy atom. The first-order valence-electron chi connectivity index (χ1n) is 8.55. The average Bonchev–Trinajstić information content (AvgIpc) is 3.02. The van der Waals surface area contributed by atoms with Crippen LogP contribution >= 0.6 is 0 Å². The molecule has 134 valence electrons. The van der Waals surface area contributed by atoms with Crippen LogP contribution in [0.5, 0.6) is 0 Å². The van der Waals surface area contributed by atoms with Crippen molar-refractivity contribution < 1.29 is 19.1 Å². The molecule has 0 saturated heterocycles. The molecule has 0 heterocycles. The number of aliphatic hydroxyl groups excluding tert-OH is 1. The number of carbonyl (C=O) groups excluding carboxylic acids is 2. The van der Waals surface area contributed by atoms with Crippen molar-refractivity contribution in [3.8, 4) is 0 Å². The summed E-state index contributed by atoms with van der Waals surface area (Å²) in [5, 5.41) is 12.3. The fourth-order valence-corrected chi connectivity index (χ4v) is 3.21. The molecular formula is C21H20FNO3. The van der Waals surface area contributed by atoms with E-state index in [9.17, 15) is 19.1 Å². The van der Waals surface area contributed by atoms with Crippen LogP contribution in [0.3, 0.4) is 0 Å². The Labute approximate surface area is 151 Å². The van der Waals surface area contributed by atoms with Gasteiger partial charge < -0.3 is 10.4 Å². The van der Waals surface area contributed by atoms with E-state index in [1.807, 2.05) is 30.3 Å². The van der Waals surface area contributed by atoms with Gasteiger partial charge in [0.15, 0.2) is 5.78 Å². The molecule has 0 spiro atoms. The van der Waals surface area contributed by atoms with Gasteiger partial charge in [-0.05, 0) is 35.3 Å². The molecular weight excluding hydrogens is 333 g/mol. The topological polar surface area (TPSA) is 66.4 Å². The summed E-state index contributed by atoms with van der Waals surface area (Å²) in [6.45, 7) is -0.310. The van der Waals surface area contributed by atoms with Crippen LogP contribution in [0.15, 0.2) is 60.2 Å². The van der Waals surface area contributed by atoms with Crippen molar-refractivity contribution in [2.24, 2.45) is 0 Å². The largest absolute Gasteiger partial charge is 0.394 e. The second-order valence-electron chi connectivity index (χ2n) is 6.28. The molecule has 26 heavy (non-hydrogen) atoms. The van der Waals surface area contributed by atoms with Crippen molar-refractivity contribution in [3.63, 3.8) is 0 Å². The van der Waals surface area contributed by atoms with E-state index in [2.05, 4.69) is 5.32 Å². The second-order valence-corrected chi connectivity index (χ2v) is 6.28. The maximum Gasteiger partial charge on any atom is 0.225 e. The van der Waals surface area contributed by atoms with Gasteiger partial charge in [0.25, 0.3) is 0 Å². The molecule has 1 atom stereocenters. The molecule has 2 aromatic carbocycles. The summed E-state index contributed by atoms with van der Waals surface area (Å²) in [7, 11) is 0. The van der Waals surface area contributed by atoms with Crippen LogP contribution in [0.4, 0.5) is 4.39 Å². The maximum atomic E-state index is 13.0. The molecule has 1 unspecified atom stereocenters. The zero-order valence-corrected chi connectivity index (χ0v) is 14.2. The Balaban J connectivity index is 1.75. The lowest BCUT2D eigenvalue weighted by Crippen LogP contribution is -2.31. The first-order chi connectivity index (χ1) is 12.6. The predicted octanol–water partition coefficient (Wildman–Crippen LogP) is 3.18. The van der Waals surface area contributed by atoms with Gasteiger partial charge in [-0.15, -0.1) is 0 Å². The van der Waals surface area contributed by atoms with Crippen LogP contribution < -0.4 is 5.32 Å². The van der Waals surface area contributed by atoms with Crippen LogP contribution in [-0.4, -0.2) is 23.4 Å². The number of aliphatic hydroxyl groups is 1. The number of nitrogens with one attached hydrogen (secondary N) is 1. The highest BCUT2D eigenvalue weighted by Crippen LogP contribution is 2.33. The summed E-state index contributed by atoms with van der Waals surface area (Å²) < 4.78 is 13.0. The molecule has 0 fully saturated rings. The number of amides is 1. The number of carbonyl (C=O) groups is 2. The Morgan fingerprint density at radius 1 is 1.08 bits per heavy atom. The lowest BCUT2D eigenvalue weighted by Gasteiger charge is -2.17. The molecule has 1 aliphatic carbocycles. The van der Waals surface area contributed by atoms with Gasteiger partial charge in [-0.1, -0.05) is 42.5 Å². The normalized spacial score (nSPS) is 15.2. The van der Waals surface area contributed by atoms with E-state index >= 15 is 0 Å². The highest BCUT2D eigenvalue weighted by atomic mass is 19.1. The minimum absolute atomic E-state index is 0.0127. The summed E-state index contributed by atoms with van der Waals surface area (Å²) in [5.74, 6) is -0.737. The van der Waals surface area contributed by atoms with Gasteiger partial charge in [-0.2, -0.15) is 0 Å². The molecule has 0 radical (unpaired) electrons. The van der Waals surface area contributed by atoms with Crippen molar-refractivity contribution in [1.29, 1.82) is 0 Å². The maximum absolute atomic E-state index is 13.0. The standard InChI is InChI=1S/C21H20FNO3/c22-16-8-6-15(7-9-16)19(13-24)23-21(26)12-18-17(10-11-20(18)25)14-4-2-1-3-5-14/h1-9,19,24H,10-13H2,(H,23,26). The van der Waals surface area contributed by atoms with E-state index in [4.69, 9.17) is 0 Å². The second kappa shape index (κ2) is 8.06. The SMILES string of the molecule is O=C(CC1=C(c2ccccc2)CCC1=O)NC(CO)c1ccc(F)cc1. The Kier molecular flexibility index (Phi) is 5.58. The van der Waals surface area contributed by atoms with Crippen molar-refractivity contribution in [3.05, 3.63) is 77.1 Å². The average molecular weight is 353 g/mol. The lowest BCUT2D eigenvalue weighted by atomic mass is 9.99. The molecule has 5 heteroatoms. The molecule has 1 amide bonds. The zero-order chi connectivity index (χ0) is 18.5. The van der Waals surface area contributed by atoms with Gasteiger partial charge in [-0.25, -0.2) is 4.39 Å². The van der Waals surface area contributed by atoms with E-state index in [0.29, 0.717) is 24.0 Å². The number of hydrogen-bond donors (Lipinski definition) is 2. The van der Waals surface area contributed by atoms with Gasteiger partial charge in [0.05, 0.1) is 19.1 Å². The fourth-order valence-electron chi connectivity index (χ4n) is 3.21. The first kappa shape index (κ1) is 18.0. The van der Waals surface area contributed by atoms with Crippen LogP contribution in [0, 0.1) is 5.82 Å². The number of allylic oxidation sites excluding steroid dienone is 1. The minimum atomic E-state index is -0.639. The van der Waals surface area contributed by atoms with Gasteiger partial charge in [0, 0.05) is 12.0 Å². The van der Waals surface area contributed by atoms with E-state index in [1.54, 1.807) is 0 Å². The van der Waals surface area contributed by atoms with Gasteiger partial charge in [-0.3, -0.25) is 9.59 Å². The van der Waals surface area contributed by atoms with Crippen molar-refractivity contribution in [2.75, 3.05) is 6.61 Å². The summed E-state index contributed by atoms with van der Waals surface area (Å²) in [6, 6.07) is 14.5. The number of ketones is 1. The molecule has 4 nitrogen and oxygen atoms in total. The third kappa shape index (κ3) is 4.06. The zero-order valence-electron chi connectivity index (χ0n) is 14.2. The van der Waals surface area contributed by atoms with E-state index in [0.717, 1.165) is 11.1 Å². The predicted molar refractivity (Wildman–Crippen MR) is 96.6 cm³/mol. The summed E-state index contributed by atoms with van der Waals surface area (Å²) in [6.07, 6.45) is 1.02. The van der Waals surface area contributed by atoms with Crippen LogP contribution in [0.2, 0.25) is 0 Å². The summed E-state index contributed by atoms with van der Waals surface area (Å²) in [5.41, 5.74) is 3.01. The van der Waals surface area contributed by atoms with Crippen LogP contribution in [0.1, 0.15) is 36.4 Å². The molecule has 0 aromatic heterocycles. The van der Waals surface area contributed by atoms with Crippen LogP contribution in [-0.2, 0) is 9.59 Å². The van der Waals surface area contributed by atoms with E-state index in [1.165, 1.54) is 24.3 Å². The van der Waals surface area contributed by atoms with Crippen LogP contribution in [0.25, 0.3) is 5.57 Å². The number of rotatable bonds is 6. The fraction of sp³-hybridized carbons (Fsp3) is 0.238. The molecule has 0 saturated carbocycles. The summed E-state index contributed by atoms with van der Waals surface area (Å²) >= 11 is 0. The van der Waals surface area contributed by atoms with Crippen molar-refractivity contribution in [1.82, 2.24) is 5.32 Å². The molecule has 2 N–H and O–H groups in total. The van der Waals surface area contributed by atoms with Gasteiger partial charge in [0.2, 0.25) is 5.91 Å². The third-order valence-electron chi connectivity index (χ3n) is 4.55.